The zero-order chi connectivity index (χ0) is 19.7. The third-order valence-corrected chi connectivity index (χ3v) is 4.59. The monoisotopic (exact) mass is 363 g/mol. The summed E-state index contributed by atoms with van der Waals surface area (Å²) >= 11 is 0. The van der Waals surface area contributed by atoms with Crippen LogP contribution in [0.4, 0.5) is 23.3 Å². The van der Waals surface area contributed by atoms with Gasteiger partial charge >= 0.3 is 11.9 Å². The molecule has 0 amide bonds. The van der Waals surface area contributed by atoms with Crippen molar-refractivity contribution in [2.24, 2.45) is 0 Å². The maximum Gasteiger partial charge on any atom is 0.377 e. The molecule has 0 bridgehead atoms. The van der Waals surface area contributed by atoms with Crippen LogP contribution in [0.25, 0.3) is 0 Å². The number of benzene rings is 2. The molecule has 140 valence electrons. The number of nitrogens with one attached hydrogen (secondary N) is 2. The van der Waals surface area contributed by atoms with Gasteiger partial charge in [-0.3, -0.25) is 11.2 Å². The van der Waals surface area contributed by atoms with E-state index in [1.807, 2.05) is 0 Å². The number of nitrogens with zero attached hydrogens (tertiary/aromatic N) is 3. The Morgan fingerprint density at radius 3 is 1.67 bits per heavy atom. The van der Waals surface area contributed by atoms with E-state index in [4.69, 9.17) is 5.84 Å². The molecule has 0 unspecified atom stereocenters. The molecule has 1 aromatic heterocycles. The Hall–Kier alpha value is -3.15. The van der Waals surface area contributed by atoms with Crippen LogP contribution in [-0.4, -0.2) is 9.97 Å². The molecule has 3 aromatic rings. The van der Waals surface area contributed by atoms with E-state index in [-0.39, 0.29) is 0 Å². The van der Waals surface area contributed by atoms with Crippen molar-refractivity contribution < 1.29 is 4.68 Å². The maximum absolute atomic E-state index is 6.04. The third kappa shape index (κ3) is 4.00. The van der Waals surface area contributed by atoms with Gasteiger partial charge in [0.25, 0.3) is 0 Å². The van der Waals surface area contributed by atoms with Gasteiger partial charge in [0.2, 0.25) is 6.33 Å². The zero-order valence-electron chi connectivity index (χ0n) is 16.8. The van der Waals surface area contributed by atoms with Crippen LogP contribution in [0, 0.1) is 41.5 Å². The van der Waals surface area contributed by atoms with Crippen molar-refractivity contribution in [3.8, 4) is 0 Å². The molecule has 0 aliphatic heterocycles. The van der Waals surface area contributed by atoms with Gasteiger partial charge in [-0.15, -0.1) is 4.68 Å². The number of nitrogens with two attached hydrogens (primary N) is 1. The second-order valence-electron chi connectivity index (χ2n) is 7.21. The minimum atomic E-state index is 0.497. The second-order valence-corrected chi connectivity index (χ2v) is 7.21. The SMILES string of the molecule is Cc1cc(C)c(Nc2nc[n+](N)c(Nc3c(C)cc(C)cc3C)n2)c(C)c1. The first kappa shape index (κ1) is 18.6. The highest BCUT2D eigenvalue weighted by Crippen LogP contribution is 2.26. The van der Waals surface area contributed by atoms with Crippen LogP contribution in [0.1, 0.15) is 33.4 Å². The van der Waals surface area contributed by atoms with Crippen LogP contribution in [0.5, 0.6) is 0 Å². The number of aryl methyl sites for hydroxylation is 6. The first-order valence-electron chi connectivity index (χ1n) is 8.98. The summed E-state index contributed by atoms with van der Waals surface area (Å²) in [6, 6.07) is 8.55. The van der Waals surface area contributed by atoms with Gasteiger partial charge in [-0.2, -0.15) is 0 Å². The van der Waals surface area contributed by atoms with Crippen LogP contribution < -0.4 is 21.2 Å². The van der Waals surface area contributed by atoms with Crippen molar-refractivity contribution >= 4 is 23.3 Å². The van der Waals surface area contributed by atoms with Crippen LogP contribution in [-0.2, 0) is 0 Å². The van der Waals surface area contributed by atoms with Gasteiger partial charge in [-0.25, -0.2) is 0 Å². The van der Waals surface area contributed by atoms with Gasteiger partial charge in [0.05, 0.1) is 5.69 Å². The summed E-state index contributed by atoms with van der Waals surface area (Å²) < 4.78 is 1.39. The fourth-order valence-electron chi connectivity index (χ4n) is 3.49. The standard InChI is InChI=1S/C21H26N6/c1-12-7-14(3)18(15(4)8-12)24-20-23-11-27(22)21(26-20)25-19-16(5)9-13(2)10-17(19)6/h7-11H,22H2,1-6H3,(H,24,25,26)/p+1. The smallest absolute Gasteiger partial charge is 0.302 e. The van der Waals surface area contributed by atoms with Crippen LogP contribution in [0.3, 0.4) is 0 Å². The van der Waals surface area contributed by atoms with Gasteiger partial charge in [0, 0.05) is 5.69 Å². The lowest BCUT2D eigenvalue weighted by Gasteiger charge is -2.12. The molecule has 3 rings (SSSR count). The van der Waals surface area contributed by atoms with Crippen molar-refractivity contribution in [1.29, 1.82) is 0 Å². The fourth-order valence-corrected chi connectivity index (χ4v) is 3.49. The molecule has 0 saturated carbocycles. The van der Waals surface area contributed by atoms with Crippen molar-refractivity contribution in [2.45, 2.75) is 41.5 Å². The Kier molecular flexibility index (Phi) is 4.99. The first-order valence-corrected chi connectivity index (χ1v) is 8.98. The summed E-state index contributed by atoms with van der Waals surface area (Å²) in [5, 5.41) is 6.68. The summed E-state index contributed by atoms with van der Waals surface area (Å²) in [4.78, 5) is 8.89. The van der Waals surface area contributed by atoms with Gasteiger partial charge in [0.1, 0.15) is 0 Å². The Morgan fingerprint density at radius 1 is 0.741 bits per heavy atom. The Balaban J connectivity index is 1.94. The zero-order valence-corrected chi connectivity index (χ0v) is 16.8. The van der Waals surface area contributed by atoms with Gasteiger partial charge in [-0.05, 0) is 63.8 Å². The maximum atomic E-state index is 6.04. The molecule has 1 heterocycles. The summed E-state index contributed by atoms with van der Waals surface area (Å²) in [7, 11) is 0. The average molecular weight is 363 g/mol. The number of anilines is 4. The van der Waals surface area contributed by atoms with Crippen molar-refractivity contribution in [3.05, 3.63) is 64.0 Å². The van der Waals surface area contributed by atoms with Crippen LogP contribution >= 0.6 is 0 Å². The molecule has 27 heavy (non-hydrogen) atoms. The lowest BCUT2D eigenvalue weighted by atomic mass is 10.1. The average Bonchev–Trinajstić information content (AvgIpc) is 2.56. The minimum Gasteiger partial charge on any atom is -0.302 e. The Bertz CT molecular complexity index is 964. The van der Waals surface area contributed by atoms with E-state index < -0.39 is 0 Å². The number of rotatable bonds is 4. The molecule has 4 N–H and O–H groups in total. The van der Waals surface area contributed by atoms with E-state index in [1.165, 1.54) is 15.8 Å². The summed E-state index contributed by atoms with van der Waals surface area (Å²) in [6.45, 7) is 12.5. The predicted octanol–water partition coefficient (Wildman–Crippen LogP) is 3.82. The minimum absolute atomic E-state index is 0.497. The number of aromatic nitrogens is 3. The molecule has 0 atom stereocenters. The van der Waals surface area contributed by atoms with Gasteiger partial charge in [-0.1, -0.05) is 45.4 Å². The molecule has 0 spiro atoms. The number of nitrogen functional groups attached to an aromatic ring is 1. The molecule has 6 nitrogen and oxygen atoms in total. The molecular formula is C21H27N6+. The van der Waals surface area contributed by atoms with E-state index in [0.29, 0.717) is 11.9 Å². The van der Waals surface area contributed by atoms with E-state index >= 15 is 0 Å². The second kappa shape index (κ2) is 7.23. The summed E-state index contributed by atoms with van der Waals surface area (Å²) in [6.07, 6.45) is 1.55. The number of hydrogen-bond donors (Lipinski definition) is 3. The van der Waals surface area contributed by atoms with Crippen LogP contribution in [0.15, 0.2) is 30.6 Å². The Morgan fingerprint density at radius 2 is 1.19 bits per heavy atom. The number of hydrogen-bond acceptors (Lipinski definition) is 5. The highest BCUT2D eigenvalue weighted by atomic mass is 15.4. The molecule has 0 saturated heterocycles. The molecule has 6 heteroatoms. The highest BCUT2D eigenvalue weighted by Gasteiger charge is 2.17. The van der Waals surface area contributed by atoms with E-state index in [9.17, 15) is 0 Å². The van der Waals surface area contributed by atoms with Gasteiger partial charge in [0.15, 0.2) is 0 Å². The predicted molar refractivity (Wildman–Crippen MR) is 110 cm³/mol. The van der Waals surface area contributed by atoms with Crippen molar-refractivity contribution in [2.75, 3.05) is 16.5 Å². The van der Waals surface area contributed by atoms with E-state index in [2.05, 4.69) is 86.4 Å². The fraction of sp³-hybridized carbons (Fsp3) is 0.286. The Labute approximate surface area is 160 Å². The lowest BCUT2D eigenvalue weighted by molar-refractivity contribution is -0.629. The summed E-state index contributed by atoms with van der Waals surface area (Å²) in [5.41, 5.74) is 9.08. The van der Waals surface area contributed by atoms with Crippen LogP contribution in [0.2, 0.25) is 0 Å². The molecule has 2 aromatic carbocycles. The van der Waals surface area contributed by atoms with Gasteiger partial charge < -0.3 is 5.32 Å². The molecule has 0 radical (unpaired) electrons. The lowest BCUT2D eigenvalue weighted by Crippen LogP contribution is -2.47. The molecule has 0 aliphatic rings. The van der Waals surface area contributed by atoms with Crippen molar-refractivity contribution in [3.63, 3.8) is 0 Å². The molecular weight excluding hydrogens is 336 g/mol. The highest BCUT2D eigenvalue weighted by molar-refractivity contribution is 5.65. The third-order valence-electron chi connectivity index (χ3n) is 4.59. The summed E-state index contributed by atoms with van der Waals surface area (Å²) in [5.74, 6) is 7.06. The van der Waals surface area contributed by atoms with E-state index in [1.54, 1.807) is 6.33 Å². The van der Waals surface area contributed by atoms with E-state index in [0.717, 1.165) is 33.6 Å². The van der Waals surface area contributed by atoms with Crippen molar-refractivity contribution in [1.82, 2.24) is 9.97 Å². The normalized spacial score (nSPS) is 10.7. The first-order chi connectivity index (χ1) is 12.7. The molecule has 0 aliphatic carbocycles. The molecule has 0 fully saturated rings. The largest absolute Gasteiger partial charge is 0.377 e. The quantitative estimate of drug-likeness (QED) is 0.485. The topological polar surface area (TPSA) is 79.7 Å².